The number of ether oxygens (including phenoxy) is 1. The average molecular weight is 384 g/mol. The predicted molar refractivity (Wildman–Crippen MR) is 87.4 cm³/mol. The van der Waals surface area contributed by atoms with Crippen LogP contribution in [0.5, 0.6) is 5.75 Å². The van der Waals surface area contributed by atoms with Crippen LogP contribution in [0.4, 0.5) is 8.78 Å². The third-order valence-corrected chi connectivity index (χ3v) is 4.02. The smallest absolute Gasteiger partial charge is 0.387 e. The summed E-state index contributed by atoms with van der Waals surface area (Å²) in [7, 11) is 0. The molecule has 122 valence electrons. The number of rotatable bonds is 7. The van der Waals surface area contributed by atoms with Crippen molar-refractivity contribution in [3.05, 3.63) is 64.1 Å². The SMILES string of the molecule is O=C(CCc1ccccc1Br)NCc1ccccc1OC(F)F. The normalized spacial score (nSPS) is 10.6. The number of para-hydroxylation sites is 1. The van der Waals surface area contributed by atoms with Crippen molar-refractivity contribution >= 4 is 21.8 Å². The lowest BCUT2D eigenvalue weighted by atomic mass is 10.1. The quantitative estimate of drug-likeness (QED) is 0.773. The predicted octanol–water partition coefficient (Wildman–Crippen LogP) is 4.30. The Labute approximate surface area is 141 Å². The lowest BCUT2D eigenvalue weighted by Gasteiger charge is -2.11. The number of nitrogens with one attached hydrogen (secondary N) is 1. The van der Waals surface area contributed by atoms with Crippen LogP contribution in [0.3, 0.4) is 0 Å². The van der Waals surface area contributed by atoms with E-state index in [4.69, 9.17) is 0 Å². The number of hydrogen-bond acceptors (Lipinski definition) is 2. The molecule has 0 fully saturated rings. The van der Waals surface area contributed by atoms with Crippen LogP contribution < -0.4 is 10.1 Å². The van der Waals surface area contributed by atoms with Crippen molar-refractivity contribution in [2.75, 3.05) is 0 Å². The zero-order valence-electron chi connectivity index (χ0n) is 12.3. The van der Waals surface area contributed by atoms with Crippen LogP contribution >= 0.6 is 15.9 Å². The van der Waals surface area contributed by atoms with Gasteiger partial charge in [-0.2, -0.15) is 8.78 Å². The molecule has 3 nitrogen and oxygen atoms in total. The van der Waals surface area contributed by atoms with Gasteiger partial charge in [0.2, 0.25) is 5.91 Å². The molecule has 0 heterocycles. The van der Waals surface area contributed by atoms with Crippen molar-refractivity contribution < 1.29 is 18.3 Å². The largest absolute Gasteiger partial charge is 0.434 e. The molecule has 0 aliphatic rings. The molecule has 2 aromatic rings. The van der Waals surface area contributed by atoms with Gasteiger partial charge in [-0.1, -0.05) is 52.3 Å². The van der Waals surface area contributed by atoms with Gasteiger partial charge in [-0.15, -0.1) is 0 Å². The van der Waals surface area contributed by atoms with Crippen LogP contribution in [0.25, 0.3) is 0 Å². The molecule has 0 bridgehead atoms. The molecule has 1 N–H and O–H groups in total. The number of alkyl halides is 2. The molecule has 0 aromatic heterocycles. The zero-order valence-corrected chi connectivity index (χ0v) is 13.9. The third-order valence-electron chi connectivity index (χ3n) is 3.24. The highest BCUT2D eigenvalue weighted by Gasteiger charge is 2.10. The van der Waals surface area contributed by atoms with Gasteiger partial charge in [-0.05, 0) is 24.1 Å². The number of carbonyl (C=O) groups excluding carboxylic acids is 1. The Bertz CT molecular complexity index is 665. The Kier molecular flexibility index (Phi) is 6.52. The summed E-state index contributed by atoms with van der Waals surface area (Å²) >= 11 is 3.44. The van der Waals surface area contributed by atoms with E-state index < -0.39 is 6.61 Å². The molecule has 2 aromatic carbocycles. The van der Waals surface area contributed by atoms with Crippen molar-refractivity contribution in [1.82, 2.24) is 5.32 Å². The first-order valence-corrected chi connectivity index (χ1v) is 7.88. The second-order valence-electron chi connectivity index (χ2n) is 4.85. The fourth-order valence-corrected chi connectivity index (χ4v) is 2.58. The first kappa shape index (κ1) is 17.4. The Morgan fingerprint density at radius 3 is 2.43 bits per heavy atom. The van der Waals surface area contributed by atoms with Crippen LogP contribution in [-0.2, 0) is 17.8 Å². The van der Waals surface area contributed by atoms with Gasteiger partial charge in [0, 0.05) is 23.0 Å². The van der Waals surface area contributed by atoms with Crippen molar-refractivity contribution in [2.24, 2.45) is 0 Å². The maximum Gasteiger partial charge on any atom is 0.387 e. The summed E-state index contributed by atoms with van der Waals surface area (Å²) in [5, 5.41) is 2.72. The van der Waals surface area contributed by atoms with Gasteiger partial charge in [-0.3, -0.25) is 4.79 Å². The second kappa shape index (κ2) is 8.62. The van der Waals surface area contributed by atoms with Crippen LogP contribution in [-0.4, -0.2) is 12.5 Å². The molecular formula is C17H16BrF2NO2. The molecule has 0 radical (unpaired) electrons. The summed E-state index contributed by atoms with van der Waals surface area (Å²) < 4.78 is 30.1. The number of hydrogen-bond donors (Lipinski definition) is 1. The van der Waals surface area contributed by atoms with Gasteiger partial charge in [0.1, 0.15) is 5.75 Å². The molecule has 0 saturated carbocycles. The molecule has 0 aliphatic heterocycles. The van der Waals surface area contributed by atoms with Gasteiger partial charge < -0.3 is 10.1 Å². The zero-order chi connectivity index (χ0) is 16.7. The molecule has 0 spiro atoms. The summed E-state index contributed by atoms with van der Waals surface area (Å²) in [5.74, 6) is -0.0683. The van der Waals surface area contributed by atoms with Gasteiger partial charge in [-0.25, -0.2) is 0 Å². The van der Waals surface area contributed by atoms with E-state index in [2.05, 4.69) is 26.0 Å². The summed E-state index contributed by atoms with van der Waals surface area (Å²) in [4.78, 5) is 11.9. The molecule has 23 heavy (non-hydrogen) atoms. The maximum absolute atomic E-state index is 12.3. The summed E-state index contributed by atoms with van der Waals surface area (Å²) in [5.41, 5.74) is 1.56. The van der Waals surface area contributed by atoms with Crippen molar-refractivity contribution in [2.45, 2.75) is 26.0 Å². The number of aryl methyl sites for hydroxylation is 1. The molecule has 0 aliphatic carbocycles. The van der Waals surface area contributed by atoms with Gasteiger partial charge in [0.05, 0.1) is 0 Å². The summed E-state index contributed by atoms with van der Waals surface area (Å²) in [6.07, 6.45) is 0.920. The molecule has 0 atom stereocenters. The van der Waals surface area contributed by atoms with Crippen LogP contribution in [0.15, 0.2) is 53.0 Å². The fraction of sp³-hybridized carbons (Fsp3) is 0.235. The Hall–Kier alpha value is -1.95. The Morgan fingerprint density at radius 2 is 1.74 bits per heavy atom. The molecule has 0 unspecified atom stereocenters. The molecule has 6 heteroatoms. The number of benzene rings is 2. The third kappa shape index (κ3) is 5.63. The van der Waals surface area contributed by atoms with Crippen molar-refractivity contribution in [1.29, 1.82) is 0 Å². The number of carbonyl (C=O) groups is 1. The topological polar surface area (TPSA) is 38.3 Å². The Balaban J connectivity index is 1.86. The first-order chi connectivity index (χ1) is 11.1. The van der Waals surface area contributed by atoms with E-state index in [1.54, 1.807) is 18.2 Å². The highest BCUT2D eigenvalue weighted by molar-refractivity contribution is 9.10. The standard InChI is InChI=1S/C17H16BrF2NO2/c18-14-7-3-1-5-12(14)9-10-16(22)21-11-13-6-2-4-8-15(13)23-17(19)20/h1-8,17H,9-11H2,(H,21,22). The minimum Gasteiger partial charge on any atom is -0.434 e. The van der Waals surface area contributed by atoms with Crippen molar-refractivity contribution in [3.8, 4) is 5.75 Å². The lowest BCUT2D eigenvalue weighted by Crippen LogP contribution is -2.23. The fourth-order valence-electron chi connectivity index (χ4n) is 2.09. The second-order valence-corrected chi connectivity index (χ2v) is 5.71. The summed E-state index contributed by atoms with van der Waals surface area (Å²) in [6, 6.07) is 14.1. The minimum absolute atomic E-state index is 0.0774. The average Bonchev–Trinajstić information content (AvgIpc) is 2.53. The van der Waals surface area contributed by atoms with Gasteiger partial charge in [0.15, 0.2) is 0 Å². The van der Waals surface area contributed by atoms with E-state index in [0.717, 1.165) is 10.0 Å². The minimum atomic E-state index is -2.89. The van der Waals surface area contributed by atoms with E-state index in [1.807, 2.05) is 24.3 Å². The van der Waals surface area contributed by atoms with Crippen LogP contribution in [0.2, 0.25) is 0 Å². The number of halogens is 3. The van der Waals surface area contributed by atoms with E-state index >= 15 is 0 Å². The van der Waals surface area contributed by atoms with Crippen molar-refractivity contribution in [3.63, 3.8) is 0 Å². The lowest BCUT2D eigenvalue weighted by molar-refractivity contribution is -0.121. The molecular weight excluding hydrogens is 368 g/mol. The maximum atomic E-state index is 12.3. The van der Waals surface area contributed by atoms with E-state index in [-0.39, 0.29) is 18.2 Å². The monoisotopic (exact) mass is 383 g/mol. The van der Waals surface area contributed by atoms with Crippen LogP contribution in [0.1, 0.15) is 17.5 Å². The van der Waals surface area contributed by atoms with E-state index in [1.165, 1.54) is 6.07 Å². The first-order valence-electron chi connectivity index (χ1n) is 7.09. The van der Waals surface area contributed by atoms with Crippen LogP contribution in [0, 0.1) is 0 Å². The van der Waals surface area contributed by atoms with Gasteiger partial charge in [0.25, 0.3) is 0 Å². The number of amides is 1. The highest BCUT2D eigenvalue weighted by Crippen LogP contribution is 2.20. The molecule has 0 saturated heterocycles. The Morgan fingerprint density at radius 1 is 1.09 bits per heavy atom. The van der Waals surface area contributed by atoms with E-state index in [9.17, 15) is 13.6 Å². The summed E-state index contributed by atoms with van der Waals surface area (Å²) in [6.45, 7) is -2.74. The molecule has 2 rings (SSSR count). The van der Waals surface area contributed by atoms with Gasteiger partial charge >= 0.3 is 6.61 Å². The highest BCUT2D eigenvalue weighted by atomic mass is 79.9. The molecule has 1 amide bonds. The van der Waals surface area contributed by atoms with E-state index in [0.29, 0.717) is 18.4 Å².